The number of amides is 2. The summed E-state index contributed by atoms with van der Waals surface area (Å²) < 4.78 is 10.8. The van der Waals surface area contributed by atoms with Crippen molar-refractivity contribution >= 4 is 22.8 Å². The number of fused-ring (bicyclic) bond motifs is 1. The van der Waals surface area contributed by atoms with E-state index in [2.05, 4.69) is 0 Å². The van der Waals surface area contributed by atoms with Crippen LogP contribution in [0.2, 0.25) is 0 Å². The third kappa shape index (κ3) is 3.44. The molecule has 4 rings (SSSR count). The van der Waals surface area contributed by atoms with E-state index in [4.69, 9.17) is 9.47 Å². The first-order valence-electron chi connectivity index (χ1n) is 9.66. The van der Waals surface area contributed by atoms with Gasteiger partial charge < -0.3 is 9.47 Å². The van der Waals surface area contributed by atoms with Crippen LogP contribution < -0.4 is 4.74 Å². The van der Waals surface area contributed by atoms with Crippen molar-refractivity contribution in [3.05, 3.63) is 77.9 Å². The summed E-state index contributed by atoms with van der Waals surface area (Å²) in [4.78, 5) is 26.9. The number of methoxy groups -OCH3 is 1. The number of carbonyl (C=O) groups excluding carboxylic acids is 2. The maximum atomic E-state index is 13.2. The Hall–Kier alpha value is -3.34. The van der Waals surface area contributed by atoms with Gasteiger partial charge in [0.15, 0.2) is 0 Å². The Morgan fingerprint density at radius 3 is 2.45 bits per heavy atom. The number of ether oxygens (including phenoxy) is 2. The molecule has 3 aromatic rings. The van der Waals surface area contributed by atoms with Gasteiger partial charge in [0.1, 0.15) is 11.9 Å². The molecule has 0 saturated carbocycles. The highest BCUT2D eigenvalue weighted by Gasteiger charge is 2.44. The molecule has 1 fully saturated rings. The van der Waals surface area contributed by atoms with Gasteiger partial charge in [-0.05, 0) is 47.9 Å². The lowest BCUT2D eigenvalue weighted by Crippen LogP contribution is -2.40. The molecule has 5 heteroatoms. The van der Waals surface area contributed by atoms with E-state index in [1.54, 1.807) is 7.11 Å². The first-order valence-corrected chi connectivity index (χ1v) is 9.66. The van der Waals surface area contributed by atoms with Crippen LogP contribution in [0.4, 0.5) is 4.79 Å². The highest BCUT2D eigenvalue weighted by atomic mass is 16.6. The lowest BCUT2D eigenvalue weighted by Gasteiger charge is -2.23. The van der Waals surface area contributed by atoms with Crippen LogP contribution in [-0.2, 0) is 9.53 Å². The SMILES string of the molecule is COc1ccc2cc([C@H](C)C(=O)N3C(=O)O[C@H](c4ccccc4)[C@@H]3C)ccc2c1. The molecule has 29 heavy (non-hydrogen) atoms. The first-order chi connectivity index (χ1) is 14.0. The number of cyclic esters (lactones) is 1. The third-order valence-electron chi connectivity index (χ3n) is 5.58. The quantitative estimate of drug-likeness (QED) is 0.626. The molecule has 0 N–H and O–H groups in total. The average molecular weight is 389 g/mol. The molecule has 1 saturated heterocycles. The topological polar surface area (TPSA) is 55.8 Å². The van der Waals surface area contributed by atoms with E-state index < -0.39 is 18.1 Å². The minimum atomic E-state index is -0.589. The van der Waals surface area contributed by atoms with Crippen molar-refractivity contribution < 1.29 is 19.1 Å². The van der Waals surface area contributed by atoms with Gasteiger partial charge in [-0.25, -0.2) is 9.69 Å². The maximum absolute atomic E-state index is 13.2. The predicted molar refractivity (Wildman–Crippen MR) is 111 cm³/mol. The molecule has 1 aliphatic rings. The fraction of sp³-hybridized carbons (Fsp3) is 0.250. The average Bonchev–Trinajstić information content (AvgIpc) is 3.06. The Kier molecular flexibility index (Phi) is 4.97. The number of nitrogens with zero attached hydrogens (tertiary/aromatic N) is 1. The number of carbonyl (C=O) groups is 2. The summed E-state index contributed by atoms with van der Waals surface area (Å²) >= 11 is 0. The van der Waals surface area contributed by atoms with E-state index >= 15 is 0 Å². The summed E-state index contributed by atoms with van der Waals surface area (Å²) in [7, 11) is 1.63. The monoisotopic (exact) mass is 389 g/mol. The molecular formula is C24H23NO4. The minimum absolute atomic E-state index is 0.256. The van der Waals surface area contributed by atoms with Crippen molar-refractivity contribution in [1.82, 2.24) is 4.90 Å². The summed E-state index contributed by atoms with van der Waals surface area (Å²) in [6.07, 6.45) is -1.04. The van der Waals surface area contributed by atoms with Gasteiger partial charge in [0.2, 0.25) is 5.91 Å². The molecule has 0 aromatic heterocycles. The molecular weight excluding hydrogens is 366 g/mol. The van der Waals surface area contributed by atoms with E-state index in [9.17, 15) is 9.59 Å². The standard InChI is InChI=1S/C24H23NO4/c1-15(18-9-10-20-14-21(28-3)12-11-19(20)13-18)23(26)25-16(2)22(29-24(25)27)17-7-5-4-6-8-17/h4-16,22H,1-3H3/t15-,16-,22-/m0/s1. The summed E-state index contributed by atoms with van der Waals surface area (Å²) in [5.74, 6) is 0.0646. The van der Waals surface area contributed by atoms with Gasteiger partial charge in [0, 0.05) is 0 Å². The Balaban J connectivity index is 1.58. The second-order valence-electron chi connectivity index (χ2n) is 7.36. The van der Waals surface area contributed by atoms with E-state index in [1.165, 1.54) is 4.90 Å². The first kappa shape index (κ1) is 19.0. The molecule has 0 bridgehead atoms. The maximum Gasteiger partial charge on any atom is 0.417 e. The highest BCUT2D eigenvalue weighted by Crippen LogP contribution is 2.35. The van der Waals surface area contributed by atoms with Crippen molar-refractivity contribution in [2.45, 2.75) is 31.9 Å². The fourth-order valence-electron chi connectivity index (χ4n) is 3.84. The minimum Gasteiger partial charge on any atom is -0.497 e. The Bertz CT molecular complexity index is 1060. The smallest absolute Gasteiger partial charge is 0.417 e. The molecule has 2 amide bonds. The van der Waals surface area contributed by atoms with E-state index in [-0.39, 0.29) is 11.9 Å². The molecule has 1 aliphatic heterocycles. The van der Waals surface area contributed by atoms with E-state index in [0.717, 1.165) is 27.6 Å². The van der Waals surface area contributed by atoms with Crippen LogP contribution in [-0.4, -0.2) is 30.1 Å². The van der Waals surface area contributed by atoms with Crippen LogP contribution >= 0.6 is 0 Å². The summed E-state index contributed by atoms with van der Waals surface area (Å²) in [5, 5.41) is 2.05. The fourth-order valence-corrected chi connectivity index (χ4v) is 3.84. The molecule has 1 heterocycles. The Morgan fingerprint density at radius 1 is 1.03 bits per heavy atom. The van der Waals surface area contributed by atoms with Gasteiger partial charge in [-0.3, -0.25) is 4.79 Å². The molecule has 0 radical (unpaired) electrons. The van der Waals surface area contributed by atoms with Gasteiger partial charge in [-0.15, -0.1) is 0 Å². The lowest BCUT2D eigenvalue weighted by atomic mass is 9.95. The van der Waals surface area contributed by atoms with Gasteiger partial charge >= 0.3 is 6.09 Å². The van der Waals surface area contributed by atoms with Crippen LogP contribution in [0.3, 0.4) is 0 Å². The van der Waals surface area contributed by atoms with Crippen molar-refractivity contribution in [1.29, 1.82) is 0 Å². The Labute approximate surface area is 169 Å². The van der Waals surface area contributed by atoms with Crippen molar-refractivity contribution in [3.8, 4) is 5.75 Å². The largest absolute Gasteiger partial charge is 0.497 e. The van der Waals surface area contributed by atoms with E-state index in [0.29, 0.717) is 0 Å². The van der Waals surface area contributed by atoms with Crippen LogP contribution in [0.5, 0.6) is 5.75 Å². The number of benzene rings is 3. The zero-order valence-electron chi connectivity index (χ0n) is 16.7. The zero-order valence-corrected chi connectivity index (χ0v) is 16.7. The number of imide groups is 1. The second kappa shape index (κ2) is 7.59. The normalized spacial score (nSPS) is 19.8. The number of hydrogen-bond acceptors (Lipinski definition) is 4. The summed E-state index contributed by atoms with van der Waals surface area (Å²) in [6, 6.07) is 20.8. The summed E-state index contributed by atoms with van der Waals surface area (Å²) in [5.41, 5.74) is 1.74. The van der Waals surface area contributed by atoms with Gasteiger partial charge in [0.25, 0.3) is 0 Å². The zero-order chi connectivity index (χ0) is 20.5. The Morgan fingerprint density at radius 2 is 1.72 bits per heavy atom. The second-order valence-corrected chi connectivity index (χ2v) is 7.36. The van der Waals surface area contributed by atoms with Crippen molar-refractivity contribution in [2.75, 3.05) is 7.11 Å². The summed E-state index contributed by atoms with van der Waals surface area (Å²) in [6.45, 7) is 3.67. The predicted octanol–water partition coefficient (Wildman–Crippen LogP) is 5.06. The molecule has 5 nitrogen and oxygen atoms in total. The van der Waals surface area contributed by atoms with Crippen molar-refractivity contribution in [2.24, 2.45) is 0 Å². The van der Waals surface area contributed by atoms with Crippen molar-refractivity contribution in [3.63, 3.8) is 0 Å². The van der Waals surface area contributed by atoms with E-state index in [1.807, 2.05) is 80.6 Å². The number of hydrogen-bond donors (Lipinski definition) is 0. The molecule has 0 unspecified atom stereocenters. The molecule has 3 aromatic carbocycles. The van der Waals surface area contributed by atoms with Crippen LogP contribution in [0.1, 0.15) is 37.0 Å². The van der Waals surface area contributed by atoms with Crippen LogP contribution in [0.15, 0.2) is 66.7 Å². The molecule has 148 valence electrons. The van der Waals surface area contributed by atoms with Gasteiger partial charge in [-0.2, -0.15) is 0 Å². The van der Waals surface area contributed by atoms with Crippen LogP contribution in [0, 0.1) is 0 Å². The van der Waals surface area contributed by atoms with Crippen LogP contribution in [0.25, 0.3) is 10.8 Å². The molecule has 0 aliphatic carbocycles. The third-order valence-corrected chi connectivity index (χ3v) is 5.58. The number of rotatable bonds is 4. The molecule has 3 atom stereocenters. The lowest BCUT2D eigenvalue weighted by molar-refractivity contribution is -0.130. The molecule has 0 spiro atoms. The van der Waals surface area contributed by atoms with Gasteiger partial charge in [0.05, 0.1) is 19.1 Å². The highest BCUT2D eigenvalue weighted by molar-refractivity contribution is 5.98. The van der Waals surface area contributed by atoms with Gasteiger partial charge in [-0.1, -0.05) is 54.6 Å².